The zero-order chi connectivity index (χ0) is 58.5. The highest BCUT2D eigenvalue weighted by atomic mass is 16.6. The third-order valence-electron chi connectivity index (χ3n) is 14.8. The van der Waals surface area contributed by atoms with Gasteiger partial charge in [-0.15, -0.1) is 0 Å². The SMILES string of the molecule is CC/C=C\C/C=C\C/C=C\C/C=C\C/C=C\C/C=C\C/C=C\C/C=C\CCCCCCC(=O)OCC(COC(=O)CCCCCCC/C=C\CCCCCCCCC)OC(=O)CCCCCCCCCCCCCCCCCCCC. The van der Waals surface area contributed by atoms with Gasteiger partial charge in [0.25, 0.3) is 0 Å². The van der Waals surface area contributed by atoms with Crippen LogP contribution >= 0.6 is 0 Å². The van der Waals surface area contributed by atoms with Gasteiger partial charge in [-0.3, -0.25) is 14.4 Å². The number of carbonyl (C=O) groups excluding carboxylic acids is 3. The Labute approximate surface area is 501 Å². The number of carbonyl (C=O) groups is 3. The molecule has 0 aromatic heterocycles. The lowest BCUT2D eigenvalue weighted by atomic mass is 10.0. The first-order valence-corrected chi connectivity index (χ1v) is 34.4. The van der Waals surface area contributed by atoms with Crippen LogP contribution in [0.15, 0.2) is 109 Å². The molecule has 0 aromatic carbocycles. The van der Waals surface area contributed by atoms with E-state index in [1.807, 2.05) is 0 Å². The molecule has 0 bridgehead atoms. The van der Waals surface area contributed by atoms with E-state index in [9.17, 15) is 14.4 Å². The molecule has 0 fully saturated rings. The quantitative estimate of drug-likeness (QED) is 0.0261. The van der Waals surface area contributed by atoms with Crippen LogP contribution in [0.2, 0.25) is 0 Å². The molecule has 464 valence electrons. The molecular weight excluding hydrogens is 997 g/mol. The van der Waals surface area contributed by atoms with Crippen LogP contribution in [-0.2, 0) is 28.6 Å². The van der Waals surface area contributed by atoms with Crippen molar-refractivity contribution in [2.45, 2.75) is 335 Å². The number of hydrogen-bond donors (Lipinski definition) is 0. The first kappa shape index (κ1) is 77.1. The summed E-state index contributed by atoms with van der Waals surface area (Å²) in [7, 11) is 0. The third-order valence-corrected chi connectivity index (χ3v) is 14.8. The molecule has 0 aromatic rings. The molecule has 0 radical (unpaired) electrons. The van der Waals surface area contributed by atoms with Crippen LogP contribution < -0.4 is 0 Å². The Morgan fingerprint density at radius 3 is 0.765 bits per heavy atom. The Balaban J connectivity index is 4.40. The van der Waals surface area contributed by atoms with E-state index < -0.39 is 6.10 Å². The number of unbranched alkanes of at least 4 members (excludes halogenated alkanes) is 33. The summed E-state index contributed by atoms with van der Waals surface area (Å²) < 4.78 is 16.9. The first-order valence-electron chi connectivity index (χ1n) is 34.4. The van der Waals surface area contributed by atoms with Crippen LogP contribution in [-0.4, -0.2) is 37.2 Å². The molecular formula is C75H128O6. The summed E-state index contributed by atoms with van der Waals surface area (Å²) >= 11 is 0. The second kappa shape index (κ2) is 68.6. The van der Waals surface area contributed by atoms with Crippen LogP contribution in [0.25, 0.3) is 0 Å². The summed E-state index contributed by atoms with van der Waals surface area (Å²) in [6.45, 7) is 6.53. The van der Waals surface area contributed by atoms with Crippen molar-refractivity contribution in [3.05, 3.63) is 109 Å². The lowest BCUT2D eigenvalue weighted by molar-refractivity contribution is -0.167. The minimum absolute atomic E-state index is 0.0883. The normalized spacial score (nSPS) is 12.8. The topological polar surface area (TPSA) is 78.9 Å². The number of esters is 3. The monoisotopic (exact) mass is 1120 g/mol. The molecule has 1 atom stereocenters. The van der Waals surface area contributed by atoms with Crippen LogP contribution in [0.1, 0.15) is 329 Å². The van der Waals surface area contributed by atoms with Gasteiger partial charge < -0.3 is 14.2 Å². The predicted molar refractivity (Wildman–Crippen MR) is 353 cm³/mol. The lowest BCUT2D eigenvalue weighted by Crippen LogP contribution is -2.30. The van der Waals surface area contributed by atoms with Crippen molar-refractivity contribution in [1.82, 2.24) is 0 Å². The number of allylic oxidation sites excluding steroid dienone is 18. The van der Waals surface area contributed by atoms with Gasteiger partial charge in [0.2, 0.25) is 0 Å². The van der Waals surface area contributed by atoms with E-state index in [0.29, 0.717) is 19.3 Å². The maximum Gasteiger partial charge on any atom is 0.306 e. The maximum atomic E-state index is 12.9. The van der Waals surface area contributed by atoms with E-state index in [0.717, 1.165) is 128 Å². The summed E-state index contributed by atoms with van der Waals surface area (Å²) in [5.74, 6) is -0.908. The summed E-state index contributed by atoms with van der Waals surface area (Å²) in [6.07, 6.45) is 93.8. The van der Waals surface area contributed by atoms with Crippen LogP contribution in [0.5, 0.6) is 0 Å². The molecule has 0 spiro atoms. The molecule has 0 aliphatic carbocycles. The minimum atomic E-state index is -0.793. The highest BCUT2D eigenvalue weighted by Crippen LogP contribution is 2.17. The molecule has 1 unspecified atom stereocenters. The standard InChI is InChI=1S/C75H128O6/c1-4-7-10-13-16-19-22-25-28-31-33-34-35-36-37-38-39-40-41-42-43-45-47-50-53-56-59-62-65-68-74(77)80-71-72(70-79-73(76)67-64-61-58-55-52-49-46-30-27-24-21-18-15-12-9-6-3)81-75(78)69-66-63-60-57-54-51-48-44-32-29-26-23-20-17-14-11-8-5-2/h7,10,16,19,25,28,30,33-34,36-37,39-40,42-43,46-47,50,72H,4-6,8-9,11-15,17-18,20-24,26-27,29,31-32,35,38,41,44-45,48-49,51-71H2,1-3H3/b10-7-,19-16-,28-25-,34-33-,37-36-,40-39-,43-42-,46-30-,50-47-. The molecule has 6 heteroatoms. The fourth-order valence-corrected chi connectivity index (χ4v) is 9.63. The van der Waals surface area contributed by atoms with Gasteiger partial charge in [0.15, 0.2) is 6.10 Å². The highest BCUT2D eigenvalue weighted by Gasteiger charge is 2.19. The number of rotatable bonds is 62. The van der Waals surface area contributed by atoms with Gasteiger partial charge in [-0.05, 0) is 109 Å². The van der Waals surface area contributed by atoms with Crippen molar-refractivity contribution < 1.29 is 28.6 Å². The van der Waals surface area contributed by atoms with E-state index in [2.05, 4.69) is 130 Å². The lowest BCUT2D eigenvalue weighted by Gasteiger charge is -2.18. The smallest absolute Gasteiger partial charge is 0.306 e. The maximum absolute atomic E-state index is 12.9. The fourth-order valence-electron chi connectivity index (χ4n) is 9.63. The van der Waals surface area contributed by atoms with Gasteiger partial charge in [0.05, 0.1) is 0 Å². The molecule has 6 nitrogen and oxygen atoms in total. The molecule has 0 heterocycles. The van der Waals surface area contributed by atoms with Crippen molar-refractivity contribution >= 4 is 17.9 Å². The van der Waals surface area contributed by atoms with E-state index in [-0.39, 0.29) is 31.1 Å². The molecule has 0 rings (SSSR count). The number of hydrogen-bond acceptors (Lipinski definition) is 6. The predicted octanol–water partition coefficient (Wildman–Crippen LogP) is 23.8. The number of ether oxygens (including phenoxy) is 3. The molecule has 0 saturated carbocycles. The van der Waals surface area contributed by atoms with E-state index in [4.69, 9.17) is 14.2 Å². The molecule has 0 N–H and O–H groups in total. The van der Waals surface area contributed by atoms with Crippen molar-refractivity contribution in [1.29, 1.82) is 0 Å². The van der Waals surface area contributed by atoms with Gasteiger partial charge in [-0.25, -0.2) is 0 Å². The highest BCUT2D eigenvalue weighted by molar-refractivity contribution is 5.71. The van der Waals surface area contributed by atoms with Crippen molar-refractivity contribution in [3.63, 3.8) is 0 Å². The Hall–Kier alpha value is -3.93. The van der Waals surface area contributed by atoms with Gasteiger partial charge >= 0.3 is 17.9 Å². The van der Waals surface area contributed by atoms with E-state index in [1.165, 1.54) is 161 Å². The Bertz CT molecular complexity index is 1620. The largest absolute Gasteiger partial charge is 0.462 e. The fraction of sp³-hybridized carbons (Fsp3) is 0.720. The zero-order valence-electron chi connectivity index (χ0n) is 53.3. The van der Waals surface area contributed by atoms with E-state index >= 15 is 0 Å². The summed E-state index contributed by atoms with van der Waals surface area (Å²) in [5, 5.41) is 0. The molecule has 0 aliphatic heterocycles. The van der Waals surface area contributed by atoms with Crippen molar-refractivity contribution in [2.75, 3.05) is 13.2 Å². The molecule has 0 amide bonds. The summed E-state index contributed by atoms with van der Waals surface area (Å²) in [6, 6.07) is 0. The Morgan fingerprint density at radius 2 is 0.481 bits per heavy atom. The third kappa shape index (κ3) is 66.8. The minimum Gasteiger partial charge on any atom is -0.462 e. The summed E-state index contributed by atoms with van der Waals surface area (Å²) in [4.78, 5) is 38.4. The second-order valence-corrected chi connectivity index (χ2v) is 22.7. The van der Waals surface area contributed by atoms with Gasteiger partial charge in [0.1, 0.15) is 13.2 Å². The summed E-state index contributed by atoms with van der Waals surface area (Å²) in [5.41, 5.74) is 0. The molecule has 81 heavy (non-hydrogen) atoms. The average molecular weight is 1130 g/mol. The van der Waals surface area contributed by atoms with Crippen LogP contribution in [0.4, 0.5) is 0 Å². The van der Waals surface area contributed by atoms with Gasteiger partial charge in [-0.2, -0.15) is 0 Å². The average Bonchev–Trinajstić information content (AvgIpc) is 3.47. The Kier molecular flexibility index (Phi) is 65.2. The van der Waals surface area contributed by atoms with Crippen molar-refractivity contribution in [3.8, 4) is 0 Å². The molecule has 0 aliphatic rings. The van der Waals surface area contributed by atoms with Gasteiger partial charge in [0, 0.05) is 19.3 Å². The first-order chi connectivity index (χ1) is 40.0. The second-order valence-electron chi connectivity index (χ2n) is 22.7. The zero-order valence-corrected chi connectivity index (χ0v) is 53.3. The van der Waals surface area contributed by atoms with Gasteiger partial charge in [-0.1, -0.05) is 310 Å². The Morgan fingerprint density at radius 1 is 0.259 bits per heavy atom. The molecule has 0 saturated heterocycles. The van der Waals surface area contributed by atoms with E-state index in [1.54, 1.807) is 0 Å². The van der Waals surface area contributed by atoms with Crippen molar-refractivity contribution in [2.24, 2.45) is 0 Å². The van der Waals surface area contributed by atoms with Crippen LogP contribution in [0, 0.1) is 0 Å². The van der Waals surface area contributed by atoms with Crippen LogP contribution in [0.3, 0.4) is 0 Å².